The summed E-state index contributed by atoms with van der Waals surface area (Å²) in [5.74, 6) is 1.27. The van der Waals surface area contributed by atoms with Gasteiger partial charge in [-0.25, -0.2) is 9.18 Å². The summed E-state index contributed by atoms with van der Waals surface area (Å²) >= 11 is 1.78. The van der Waals surface area contributed by atoms with Crippen molar-refractivity contribution in [1.29, 1.82) is 0 Å². The highest BCUT2D eigenvalue weighted by Crippen LogP contribution is 2.47. The van der Waals surface area contributed by atoms with Crippen molar-refractivity contribution >= 4 is 45.3 Å². The highest BCUT2D eigenvalue weighted by molar-refractivity contribution is 7.99. The number of hydrogen-bond donors (Lipinski definition) is 0. The van der Waals surface area contributed by atoms with Gasteiger partial charge in [0.25, 0.3) is 0 Å². The van der Waals surface area contributed by atoms with E-state index in [0.29, 0.717) is 50.7 Å². The van der Waals surface area contributed by atoms with E-state index in [1.54, 1.807) is 11.8 Å². The molecule has 3 aliphatic heterocycles. The van der Waals surface area contributed by atoms with E-state index in [1.165, 1.54) is 6.08 Å². The van der Waals surface area contributed by atoms with Crippen LogP contribution in [0.3, 0.4) is 0 Å². The third kappa shape index (κ3) is 4.63. The van der Waals surface area contributed by atoms with E-state index in [-0.39, 0.29) is 29.7 Å². The van der Waals surface area contributed by atoms with Crippen molar-refractivity contribution in [3.8, 4) is 11.1 Å². The number of carbonyl (C=O) groups excluding carboxylic acids is 1. The standard InChI is InChI=1S/C33H38FN7O2S/c1-6-27(42)40-20(3)14-39(15-21(40)4)32-26-12-19(2)28(25-9-7-8-22-13-35-37(5)29(22)25)31-30(26)41(33(43)36-32)24(18-44-31)17-38-11-10-23(34)16-38/h6-9,12-13,20-21,23-24H,1,10-11,14-18H2,2-5H3/t20-,21+,23?,24?. The lowest BCUT2D eigenvalue weighted by atomic mass is 9.95. The van der Waals surface area contributed by atoms with Gasteiger partial charge in [0.05, 0.1) is 23.3 Å². The number of amides is 1. The molecule has 2 saturated heterocycles. The molecular weight excluding hydrogens is 577 g/mol. The molecule has 0 radical (unpaired) electrons. The molecule has 9 nitrogen and oxygen atoms in total. The zero-order chi connectivity index (χ0) is 30.9. The maximum atomic E-state index is 14.1. The summed E-state index contributed by atoms with van der Waals surface area (Å²) < 4.78 is 17.9. The molecule has 0 aliphatic carbocycles. The van der Waals surface area contributed by atoms with E-state index >= 15 is 0 Å². The average molecular weight is 616 g/mol. The lowest BCUT2D eigenvalue weighted by molar-refractivity contribution is -0.130. The van der Waals surface area contributed by atoms with Crippen LogP contribution in [0.4, 0.5) is 10.2 Å². The molecule has 4 atom stereocenters. The molecule has 0 N–H and O–H groups in total. The number of piperazine rings is 1. The zero-order valence-corrected chi connectivity index (χ0v) is 26.5. The van der Waals surface area contributed by atoms with Gasteiger partial charge < -0.3 is 9.80 Å². The second-order valence-electron chi connectivity index (χ2n) is 12.6. The number of aryl methyl sites for hydroxylation is 2. The number of anilines is 1. The van der Waals surface area contributed by atoms with E-state index in [1.807, 2.05) is 41.2 Å². The van der Waals surface area contributed by atoms with Gasteiger partial charge in [-0.2, -0.15) is 10.1 Å². The van der Waals surface area contributed by atoms with Crippen LogP contribution in [0, 0.1) is 6.92 Å². The highest BCUT2D eigenvalue weighted by atomic mass is 32.2. The van der Waals surface area contributed by atoms with Gasteiger partial charge in [0, 0.05) is 84.4 Å². The Morgan fingerprint density at radius 2 is 1.95 bits per heavy atom. The van der Waals surface area contributed by atoms with Gasteiger partial charge in [0.2, 0.25) is 5.91 Å². The minimum absolute atomic E-state index is 0.0790. The number of carbonyl (C=O) groups is 1. The van der Waals surface area contributed by atoms with Crippen LogP contribution in [-0.4, -0.2) is 91.8 Å². The SMILES string of the molecule is C=CC(=O)N1[C@H](C)CN(c2nc(=O)n3c4c(c(-c5cccc6cnn(C)c56)c(C)cc24)SCC3CN2CCC(F)C2)C[C@@H]1C. The number of likely N-dealkylation sites (tertiary alicyclic amines) is 1. The van der Waals surface area contributed by atoms with Crippen molar-refractivity contribution in [3.05, 3.63) is 59.2 Å². The smallest absolute Gasteiger partial charge is 0.350 e. The predicted octanol–water partition coefficient (Wildman–Crippen LogP) is 4.56. The summed E-state index contributed by atoms with van der Waals surface area (Å²) in [5.41, 5.74) is 4.94. The summed E-state index contributed by atoms with van der Waals surface area (Å²) in [6, 6.07) is 8.16. The summed E-state index contributed by atoms with van der Waals surface area (Å²) in [6.45, 7) is 12.7. The number of halogens is 1. The summed E-state index contributed by atoms with van der Waals surface area (Å²) in [5, 5.41) is 6.53. The number of alkyl halides is 1. The monoisotopic (exact) mass is 615 g/mol. The molecule has 44 heavy (non-hydrogen) atoms. The van der Waals surface area contributed by atoms with Crippen molar-refractivity contribution < 1.29 is 9.18 Å². The van der Waals surface area contributed by atoms with Gasteiger partial charge in [0.15, 0.2) is 0 Å². The lowest BCUT2D eigenvalue weighted by Crippen LogP contribution is -2.58. The quantitative estimate of drug-likeness (QED) is 0.305. The van der Waals surface area contributed by atoms with Crippen LogP contribution in [0.1, 0.15) is 31.9 Å². The molecule has 0 spiro atoms. The van der Waals surface area contributed by atoms with E-state index in [4.69, 9.17) is 4.98 Å². The Bertz CT molecular complexity index is 1860. The summed E-state index contributed by atoms with van der Waals surface area (Å²) in [6.07, 6.45) is 2.97. The second-order valence-corrected chi connectivity index (χ2v) is 13.6. The van der Waals surface area contributed by atoms with Crippen LogP contribution in [-0.2, 0) is 11.8 Å². The van der Waals surface area contributed by atoms with Gasteiger partial charge in [-0.05, 0) is 44.9 Å². The number of benzene rings is 2. The van der Waals surface area contributed by atoms with Crippen molar-refractivity contribution in [1.82, 2.24) is 29.1 Å². The molecule has 0 saturated carbocycles. The third-order valence-electron chi connectivity index (χ3n) is 9.49. The van der Waals surface area contributed by atoms with Crippen LogP contribution in [0.5, 0.6) is 0 Å². The minimum atomic E-state index is -0.819. The van der Waals surface area contributed by atoms with Crippen LogP contribution >= 0.6 is 11.8 Å². The Labute approximate surface area is 260 Å². The fourth-order valence-electron chi connectivity index (χ4n) is 7.65. The number of rotatable bonds is 5. The molecule has 5 heterocycles. The van der Waals surface area contributed by atoms with E-state index in [0.717, 1.165) is 43.4 Å². The molecule has 7 rings (SSSR count). The average Bonchev–Trinajstić information content (AvgIpc) is 3.59. The molecule has 3 aliphatic rings. The minimum Gasteiger partial charge on any atom is -0.352 e. The van der Waals surface area contributed by atoms with Crippen LogP contribution in [0.25, 0.3) is 32.9 Å². The Morgan fingerprint density at radius 1 is 1.18 bits per heavy atom. The molecule has 230 valence electrons. The van der Waals surface area contributed by atoms with Crippen molar-refractivity contribution in [2.24, 2.45) is 7.05 Å². The Hall–Kier alpha value is -3.70. The first-order valence-electron chi connectivity index (χ1n) is 15.4. The molecule has 0 bridgehead atoms. The Balaban J connectivity index is 1.43. The first kappa shape index (κ1) is 29.0. The molecule has 11 heteroatoms. The van der Waals surface area contributed by atoms with Crippen molar-refractivity contribution in [2.75, 3.05) is 43.4 Å². The normalized spacial score (nSPS) is 24.0. The topological polar surface area (TPSA) is 79.5 Å². The second kappa shape index (κ2) is 11.0. The fraction of sp³-hybridized carbons (Fsp3) is 0.455. The van der Waals surface area contributed by atoms with E-state index in [2.05, 4.69) is 52.7 Å². The van der Waals surface area contributed by atoms with Crippen molar-refractivity contribution in [2.45, 2.75) is 56.4 Å². The molecule has 2 aromatic carbocycles. The summed E-state index contributed by atoms with van der Waals surface area (Å²) in [4.78, 5) is 38.8. The molecular formula is C33H38FN7O2S. The van der Waals surface area contributed by atoms with Gasteiger partial charge in [-0.1, -0.05) is 24.8 Å². The van der Waals surface area contributed by atoms with Crippen molar-refractivity contribution in [3.63, 3.8) is 0 Å². The first-order chi connectivity index (χ1) is 21.2. The first-order valence-corrected chi connectivity index (χ1v) is 16.3. The summed E-state index contributed by atoms with van der Waals surface area (Å²) in [7, 11) is 1.96. The van der Waals surface area contributed by atoms with Gasteiger partial charge >= 0.3 is 5.69 Å². The molecule has 2 fully saturated rings. The van der Waals surface area contributed by atoms with Gasteiger partial charge in [-0.15, -0.1) is 11.8 Å². The molecule has 2 unspecified atom stereocenters. The maximum Gasteiger partial charge on any atom is 0.350 e. The molecule has 4 aromatic rings. The van der Waals surface area contributed by atoms with Crippen LogP contribution < -0.4 is 10.6 Å². The molecule has 1 amide bonds. The predicted molar refractivity (Wildman–Crippen MR) is 174 cm³/mol. The van der Waals surface area contributed by atoms with Gasteiger partial charge in [-0.3, -0.25) is 18.9 Å². The zero-order valence-electron chi connectivity index (χ0n) is 25.7. The number of fused-ring (bicyclic) bond motifs is 1. The van der Waals surface area contributed by atoms with Crippen LogP contribution in [0.15, 0.2) is 52.8 Å². The highest BCUT2D eigenvalue weighted by Gasteiger charge is 2.36. The number of aromatic nitrogens is 4. The number of hydrogen-bond acceptors (Lipinski definition) is 7. The fourth-order valence-corrected chi connectivity index (χ4v) is 9.02. The number of para-hydroxylation sites is 1. The molecule has 2 aromatic heterocycles. The largest absolute Gasteiger partial charge is 0.352 e. The van der Waals surface area contributed by atoms with E-state index < -0.39 is 6.17 Å². The maximum absolute atomic E-state index is 14.1. The van der Waals surface area contributed by atoms with E-state index in [9.17, 15) is 14.0 Å². The third-order valence-corrected chi connectivity index (χ3v) is 10.7. The van der Waals surface area contributed by atoms with Gasteiger partial charge in [0.1, 0.15) is 12.0 Å². The Kier molecular flexibility index (Phi) is 7.28. The Morgan fingerprint density at radius 3 is 2.66 bits per heavy atom. The number of thioether (sulfide) groups is 1. The number of nitrogens with zero attached hydrogens (tertiary/aromatic N) is 7. The lowest BCUT2D eigenvalue weighted by Gasteiger charge is -2.45. The van der Waals surface area contributed by atoms with Crippen LogP contribution in [0.2, 0.25) is 0 Å².